The van der Waals surface area contributed by atoms with E-state index in [1.54, 1.807) is 0 Å². The zero-order valence-electron chi connectivity index (χ0n) is 12.3. The number of nitrogens with one attached hydrogen (secondary N) is 2. The van der Waals surface area contributed by atoms with E-state index in [2.05, 4.69) is 15.5 Å². The van der Waals surface area contributed by atoms with Crippen molar-refractivity contribution in [1.82, 2.24) is 15.5 Å². The van der Waals surface area contributed by atoms with Gasteiger partial charge in [-0.2, -0.15) is 5.10 Å². The Hall–Kier alpha value is -2.14. The molecular weight excluding hydrogens is 266 g/mol. The van der Waals surface area contributed by atoms with Crippen molar-refractivity contribution in [3.63, 3.8) is 0 Å². The molecule has 0 unspecified atom stereocenters. The minimum Gasteiger partial charge on any atom is -0.388 e. The van der Waals surface area contributed by atoms with Crippen LogP contribution in [0.15, 0.2) is 36.4 Å². The second kappa shape index (κ2) is 7.04. The molecule has 0 fully saturated rings. The number of carbonyl (C=O) groups excluding carboxylic acids is 1. The van der Waals surface area contributed by atoms with Crippen LogP contribution in [-0.4, -0.2) is 27.3 Å². The third-order valence-electron chi connectivity index (χ3n) is 3.27. The van der Waals surface area contributed by atoms with Gasteiger partial charge in [-0.1, -0.05) is 30.3 Å². The van der Waals surface area contributed by atoms with Gasteiger partial charge in [-0.3, -0.25) is 9.89 Å². The number of rotatable bonds is 6. The van der Waals surface area contributed by atoms with Crippen LogP contribution < -0.4 is 5.32 Å². The second-order valence-electron chi connectivity index (χ2n) is 5.35. The Bertz CT molecular complexity index is 580. The lowest BCUT2D eigenvalue weighted by molar-refractivity contribution is -0.121. The lowest BCUT2D eigenvalue weighted by Crippen LogP contribution is -2.34. The van der Waals surface area contributed by atoms with E-state index < -0.39 is 6.10 Å². The Kier molecular flexibility index (Phi) is 5.11. The van der Waals surface area contributed by atoms with Crippen molar-refractivity contribution in [3.05, 3.63) is 53.3 Å². The predicted octanol–water partition coefficient (Wildman–Crippen LogP) is 1.89. The molecule has 112 valence electrons. The van der Waals surface area contributed by atoms with Crippen molar-refractivity contribution in [2.24, 2.45) is 0 Å². The van der Waals surface area contributed by atoms with Gasteiger partial charge in [0.25, 0.3) is 0 Å². The lowest BCUT2D eigenvalue weighted by atomic mass is 10.0. The Labute approximate surface area is 124 Å². The van der Waals surface area contributed by atoms with Crippen LogP contribution in [-0.2, 0) is 11.2 Å². The zero-order valence-corrected chi connectivity index (χ0v) is 12.3. The summed E-state index contributed by atoms with van der Waals surface area (Å²) in [4.78, 5) is 11.9. The van der Waals surface area contributed by atoms with Crippen LogP contribution in [0.1, 0.15) is 36.4 Å². The van der Waals surface area contributed by atoms with E-state index in [0.29, 0.717) is 6.42 Å². The van der Waals surface area contributed by atoms with Crippen LogP contribution in [0.2, 0.25) is 0 Å². The number of aromatic amines is 1. The topological polar surface area (TPSA) is 78.0 Å². The summed E-state index contributed by atoms with van der Waals surface area (Å²) in [6, 6.07) is 11.2. The molecule has 0 aliphatic carbocycles. The van der Waals surface area contributed by atoms with Crippen molar-refractivity contribution < 1.29 is 9.90 Å². The number of aliphatic hydroxyl groups is 1. The van der Waals surface area contributed by atoms with Crippen LogP contribution in [0.25, 0.3) is 0 Å². The average Bonchev–Trinajstić information content (AvgIpc) is 2.84. The van der Waals surface area contributed by atoms with Crippen LogP contribution in [0.4, 0.5) is 0 Å². The molecule has 3 N–H and O–H groups in total. The molecule has 0 radical (unpaired) electrons. The molecule has 0 aliphatic rings. The summed E-state index contributed by atoms with van der Waals surface area (Å²) in [5.74, 6) is -0.0886. The number of carbonyl (C=O) groups is 1. The molecule has 1 aromatic carbocycles. The molecule has 5 nitrogen and oxygen atoms in total. The number of aryl methyl sites for hydroxylation is 1. The standard InChI is InChI=1S/C16H21N3O2/c1-11(9-15(20)13-6-4-3-5-7-13)17-16(21)10-14-8-12(2)18-19-14/h3-8,11,15,20H,9-10H2,1-2H3,(H,17,21)(H,18,19)/t11-,15+/m1/s1. The maximum atomic E-state index is 11.9. The largest absolute Gasteiger partial charge is 0.388 e. The molecule has 0 saturated carbocycles. The van der Waals surface area contributed by atoms with Gasteiger partial charge in [-0.15, -0.1) is 0 Å². The first-order valence-electron chi connectivity index (χ1n) is 7.08. The number of benzene rings is 1. The molecule has 21 heavy (non-hydrogen) atoms. The number of hydrogen-bond donors (Lipinski definition) is 3. The third kappa shape index (κ3) is 4.72. The van der Waals surface area contributed by atoms with E-state index >= 15 is 0 Å². The van der Waals surface area contributed by atoms with E-state index in [0.717, 1.165) is 17.0 Å². The molecule has 5 heteroatoms. The molecule has 0 spiro atoms. The highest BCUT2D eigenvalue weighted by molar-refractivity contribution is 5.78. The van der Waals surface area contributed by atoms with Crippen molar-refractivity contribution >= 4 is 5.91 Å². The van der Waals surface area contributed by atoms with Gasteiger partial charge in [-0.25, -0.2) is 0 Å². The molecule has 2 atom stereocenters. The van der Waals surface area contributed by atoms with Crippen molar-refractivity contribution in [2.75, 3.05) is 0 Å². The Balaban J connectivity index is 1.81. The Morgan fingerprint density at radius 1 is 1.38 bits per heavy atom. The first kappa shape index (κ1) is 15.3. The number of aliphatic hydroxyl groups excluding tert-OH is 1. The molecule has 0 saturated heterocycles. The quantitative estimate of drug-likeness (QED) is 0.759. The normalized spacial score (nSPS) is 13.7. The summed E-state index contributed by atoms with van der Waals surface area (Å²) in [7, 11) is 0. The van der Waals surface area contributed by atoms with Gasteiger partial charge in [0.15, 0.2) is 0 Å². The summed E-state index contributed by atoms with van der Waals surface area (Å²) >= 11 is 0. The Morgan fingerprint density at radius 3 is 2.71 bits per heavy atom. The van der Waals surface area contributed by atoms with Crippen LogP contribution in [0.5, 0.6) is 0 Å². The van der Waals surface area contributed by atoms with Crippen molar-refractivity contribution in [1.29, 1.82) is 0 Å². The second-order valence-corrected chi connectivity index (χ2v) is 5.35. The van der Waals surface area contributed by atoms with E-state index in [-0.39, 0.29) is 18.4 Å². The molecule has 0 bridgehead atoms. The first-order chi connectivity index (χ1) is 10.0. The van der Waals surface area contributed by atoms with Gasteiger partial charge in [-0.05, 0) is 31.9 Å². The minimum absolute atomic E-state index is 0.0886. The summed E-state index contributed by atoms with van der Waals surface area (Å²) in [6.45, 7) is 3.78. The minimum atomic E-state index is -0.575. The number of amides is 1. The van der Waals surface area contributed by atoms with Gasteiger partial charge in [0.05, 0.1) is 18.2 Å². The highest BCUT2D eigenvalue weighted by atomic mass is 16.3. The number of H-pyrrole nitrogens is 1. The SMILES string of the molecule is Cc1cc(CC(=O)N[C@H](C)C[C@H](O)c2ccccc2)n[nH]1. The number of hydrogen-bond acceptors (Lipinski definition) is 3. The van der Waals surface area contributed by atoms with Gasteiger partial charge in [0.2, 0.25) is 5.91 Å². The fourth-order valence-electron chi connectivity index (χ4n) is 2.26. The first-order valence-corrected chi connectivity index (χ1v) is 7.08. The number of aromatic nitrogens is 2. The molecule has 1 aromatic heterocycles. The summed E-state index contributed by atoms with van der Waals surface area (Å²) in [6.07, 6.45) is 0.153. The van der Waals surface area contributed by atoms with E-state index in [4.69, 9.17) is 0 Å². The summed E-state index contributed by atoms with van der Waals surface area (Å²) < 4.78 is 0. The van der Waals surface area contributed by atoms with Gasteiger partial charge in [0.1, 0.15) is 0 Å². The maximum absolute atomic E-state index is 11.9. The van der Waals surface area contributed by atoms with E-state index in [1.165, 1.54) is 0 Å². The summed E-state index contributed by atoms with van der Waals surface area (Å²) in [5.41, 5.74) is 2.52. The van der Waals surface area contributed by atoms with Crippen LogP contribution in [0.3, 0.4) is 0 Å². The molecule has 2 rings (SSSR count). The predicted molar refractivity (Wildman–Crippen MR) is 80.7 cm³/mol. The molecule has 0 aliphatic heterocycles. The van der Waals surface area contributed by atoms with Crippen molar-refractivity contribution in [3.8, 4) is 0 Å². The van der Waals surface area contributed by atoms with E-state index in [1.807, 2.05) is 50.2 Å². The van der Waals surface area contributed by atoms with Crippen LogP contribution in [0, 0.1) is 6.92 Å². The fraction of sp³-hybridized carbons (Fsp3) is 0.375. The Morgan fingerprint density at radius 2 is 2.10 bits per heavy atom. The average molecular weight is 287 g/mol. The van der Waals surface area contributed by atoms with Gasteiger partial charge < -0.3 is 10.4 Å². The van der Waals surface area contributed by atoms with E-state index in [9.17, 15) is 9.90 Å². The van der Waals surface area contributed by atoms with Crippen molar-refractivity contribution in [2.45, 2.75) is 38.8 Å². The molecule has 2 aromatic rings. The molecule has 1 heterocycles. The van der Waals surface area contributed by atoms with Gasteiger partial charge >= 0.3 is 0 Å². The van der Waals surface area contributed by atoms with Crippen LogP contribution >= 0.6 is 0 Å². The molecular formula is C16H21N3O2. The monoisotopic (exact) mass is 287 g/mol. The highest BCUT2D eigenvalue weighted by Crippen LogP contribution is 2.17. The smallest absolute Gasteiger partial charge is 0.226 e. The van der Waals surface area contributed by atoms with Gasteiger partial charge in [0, 0.05) is 11.7 Å². The third-order valence-corrected chi connectivity index (χ3v) is 3.27. The highest BCUT2D eigenvalue weighted by Gasteiger charge is 2.15. The summed E-state index contributed by atoms with van der Waals surface area (Å²) in [5, 5.41) is 19.9. The fourth-order valence-corrected chi connectivity index (χ4v) is 2.26. The maximum Gasteiger partial charge on any atom is 0.226 e. The lowest BCUT2D eigenvalue weighted by Gasteiger charge is -2.18. The molecule has 1 amide bonds. The zero-order chi connectivity index (χ0) is 15.2. The number of nitrogens with zero attached hydrogens (tertiary/aromatic N) is 1.